The van der Waals surface area contributed by atoms with Crippen molar-refractivity contribution in [2.24, 2.45) is 0 Å². The Bertz CT molecular complexity index is 866. The Labute approximate surface area is 156 Å². The molecule has 0 aliphatic heterocycles. The van der Waals surface area contributed by atoms with Crippen molar-refractivity contribution < 1.29 is 9.53 Å². The summed E-state index contributed by atoms with van der Waals surface area (Å²) in [5.41, 5.74) is 1.95. The highest BCUT2D eigenvalue weighted by atomic mass is 35.5. The van der Waals surface area contributed by atoms with Gasteiger partial charge in [0.05, 0.1) is 19.5 Å². The standard InChI is InChI=1S/C19H17ClN4O2/c1-26-16-8-2-13(3-9-16)10-22-18-12-21-17(11-23-18)19(25)24-15-6-4-14(20)5-7-15/h2-9,11-12H,10H2,1H3,(H,22,23)(H,24,25). The van der Waals surface area contributed by atoms with Gasteiger partial charge in [-0.2, -0.15) is 0 Å². The highest BCUT2D eigenvalue weighted by molar-refractivity contribution is 6.30. The van der Waals surface area contributed by atoms with Crippen LogP contribution in [0.3, 0.4) is 0 Å². The van der Waals surface area contributed by atoms with E-state index in [1.807, 2.05) is 24.3 Å². The van der Waals surface area contributed by atoms with Crippen LogP contribution < -0.4 is 15.4 Å². The zero-order valence-corrected chi connectivity index (χ0v) is 14.8. The zero-order valence-electron chi connectivity index (χ0n) is 14.1. The Morgan fingerprint density at radius 3 is 2.38 bits per heavy atom. The molecule has 1 amide bonds. The number of nitrogens with one attached hydrogen (secondary N) is 2. The Kier molecular flexibility index (Phi) is 5.66. The van der Waals surface area contributed by atoms with Crippen LogP contribution in [0.15, 0.2) is 60.9 Å². The van der Waals surface area contributed by atoms with Crippen molar-refractivity contribution in [3.05, 3.63) is 77.2 Å². The van der Waals surface area contributed by atoms with Crippen molar-refractivity contribution in [3.8, 4) is 5.75 Å². The molecule has 0 spiro atoms. The molecule has 3 aromatic rings. The highest BCUT2D eigenvalue weighted by Gasteiger charge is 2.08. The number of amides is 1. The lowest BCUT2D eigenvalue weighted by atomic mass is 10.2. The Morgan fingerprint density at radius 2 is 1.77 bits per heavy atom. The Morgan fingerprint density at radius 1 is 1.04 bits per heavy atom. The van der Waals surface area contributed by atoms with Gasteiger partial charge in [-0.05, 0) is 42.0 Å². The van der Waals surface area contributed by atoms with Crippen molar-refractivity contribution in [1.29, 1.82) is 0 Å². The summed E-state index contributed by atoms with van der Waals surface area (Å²) in [5.74, 6) is 1.06. The van der Waals surface area contributed by atoms with E-state index in [4.69, 9.17) is 16.3 Å². The molecule has 0 unspecified atom stereocenters. The van der Waals surface area contributed by atoms with Crippen molar-refractivity contribution in [2.45, 2.75) is 6.54 Å². The number of aromatic nitrogens is 2. The summed E-state index contributed by atoms with van der Waals surface area (Å²) in [6.45, 7) is 0.592. The molecule has 0 atom stereocenters. The normalized spacial score (nSPS) is 10.2. The largest absolute Gasteiger partial charge is 0.497 e. The number of rotatable bonds is 6. The average Bonchev–Trinajstić information content (AvgIpc) is 2.69. The van der Waals surface area contributed by atoms with E-state index < -0.39 is 0 Å². The fraction of sp³-hybridized carbons (Fsp3) is 0.105. The average molecular weight is 369 g/mol. The number of benzene rings is 2. The third-order valence-electron chi connectivity index (χ3n) is 3.62. The summed E-state index contributed by atoms with van der Waals surface area (Å²) < 4.78 is 5.13. The molecule has 0 aliphatic rings. The van der Waals surface area contributed by atoms with Crippen LogP contribution in [0.5, 0.6) is 5.75 Å². The molecular formula is C19H17ClN4O2. The monoisotopic (exact) mass is 368 g/mol. The van der Waals surface area contributed by atoms with Gasteiger partial charge in [-0.25, -0.2) is 9.97 Å². The lowest BCUT2D eigenvalue weighted by Crippen LogP contribution is -2.14. The quantitative estimate of drug-likeness (QED) is 0.687. The molecular weight excluding hydrogens is 352 g/mol. The summed E-state index contributed by atoms with van der Waals surface area (Å²) in [5, 5.41) is 6.51. The molecule has 1 aromatic heterocycles. The van der Waals surface area contributed by atoms with Crippen molar-refractivity contribution in [2.75, 3.05) is 17.7 Å². The van der Waals surface area contributed by atoms with Crippen molar-refractivity contribution in [3.63, 3.8) is 0 Å². The molecule has 2 aromatic carbocycles. The van der Waals surface area contributed by atoms with Gasteiger partial charge in [0.1, 0.15) is 17.3 Å². The number of hydrogen-bond acceptors (Lipinski definition) is 5. The predicted molar refractivity (Wildman–Crippen MR) is 102 cm³/mol. The lowest BCUT2D eigenvalue weighted by Gasteiger charge is -2.08. The van der Waals surface area contributed by atoms with E-state index in [1.165, 1.54) is 12.4 Å². The second kappa shape index (κ2) is 8.31. The molecule has 0 fully saturated rings. The maximum Gasteiger partial charge on any atom is 0.275 e. The first-order valence-corrected chi connectivity index (χ1v) is 8.27. The number of methoxy groups -OCH3 is 1. The molecule has 0 radical (unpaired) electrons. The van der Waals surface area contributed by atoms with Gasteiger partial charge in [0.2, 0.25) is 0 Å². The third kappa shape index (κ3) is 4.70. The van der Waals surface area contributed by atoms with Crippen molar-refractivity contribution >= 4 is 29.0 Å². The fourth-order valence-corrected chi connectivity index (χ4v) is 2.33. The van der Waals surface area contributed by atoms with E-state index in [0.717, 1.165) is 11.3 Å². The van der Waals surface area contributed by atoms with E-state index in [0.29, 0.717) is 23.1 Å². The molecule has 0 saturated heterocycles. The van der Waals surface area contributed by atoms with Crippen LogP contribution in [-0.2, 0) is 6.54 Å². The van der Waals surface area contributed by atoms with E-state index in [2.05, 4.69) is 20.6 Å². The summed E-state index contributed by atoms with van der Waals surface area (Å²) in [4.78, 5) is 20.5. The first-order valence-electron chi connectivity index (χ1n) is 7.90. The molecule has 0 saturated carbocycles. The summed E-state index contributed by atoms with van der Waals surface area (Å²) in [6.07, 6.45) is 2.96. The van der Waals surface area contributed by atoms with Crippen LogP contribution in [0.4, 0.5) is 11.5 Å². The smallest absolute Gasteiger partial charge is 0.275 e. The van der Waals surface area contributed by atoms with Gasteiger partial charge >= 0.3 is 0 Å². The molecule has 6 nitrogen and oxygen atoms in total. The van der Waals surface area contributed by atoms with E-state index >= 15 is 0 Å². The van der Waals surface area contributed by atoms with Crippen LogP contribution in [0.25, 0.3) is 0 Å². The van der Waals surface area contributed by atoms with Crippen molar-refractivity contribution in [1.82, 2.24) is 9.97 Å². The second-order valence-corrected chi connectivity index (χ2v) is 5.89. The van der Waals surface area contributed by atoms with E-state index in [-0.39, 0.29) is 11.6 Å². The molecule has 26 heavy (non-hydrogen) atoms. The van der Waals surface area contributed by atoms with Gasteiger partial charge in [-0.15, -0.1) is 0 Å². The summed E-state index contributed by atoms with van der Waals surface area (Å²) >= 11 is 5.82. The SMILES string of the molecule is COc1ccc(CNc2cnc(C(=O)Nc3ccc(Cl)cc3)cn2)cc1. The van der Waals surface area contributed by atoms with Crippen LogP contribution >= 0.6 is 11.6 Å². The molecule has 132 valence electrons. The van der Waals surface area contributed by atoms with E-state index in [9.17, 15) is 4.79 Å². The maximum absolute atomic E-state index is 12.2. The third-order valence-corrected chi connectivity index (χ3v) is 3.87. The fourth-order valence-electron chi connectivity index (χ4n) is 2.20. The molecule has 7 heteroatoms. The van der Waals surface area contributed by atoms with Gasteiger partial charge < -0.3 is 15.4 Å². The Balaban J connectivity index is 1.56. The van der Waals surface area contributed by atoms with Crippen LogP contribution in [0, 0.1) is 0 Å². The van der Waals surface area contributed by atoms with Gasteiger partial charge in [0, 0.05) is 17.3 Å². The van der Waals surface area contributed by atoms with Gasteiger partial charge in [-0.1, -0.05) is 23.7 Å². The summed E-state index contributed by atoms with van der Waals surface area (Å²) in [7, 11) is 1.63. The number of halogens is 1. The maximum atomic E-state index is 12.2. The number of carbonyl (C=O) groups excluding carboxylic acids is 1. The van der Waals surface area contributed by atoms with Gasteiger partial charge in [-0.3, -0.25) is 4.79 Å². The minimum atomic E-state index is -0.332. The number of carbonyl (C=O) groups is 1. The Hall–Kier alpha value is -3.12. The van der Waals surface area contributed by atoms with Gasteiger partial charge in [0.25, 0.3) is 5.91 Å². The zero-order chi connectivity index (χ0) is 18.4. The minimum absolute atomic E-state index is 0.231. The molecule has 3 rings (SSSR count). The molecule has 0 bridgehead atoms. The topological polar surface area (TPSA) is 76.1 Å². The first-order chi connectivity index (χ1) is 12.6. The van der Waals surface area contributed by atoms with Crippen LogP contribution in [-0.4, -0.2) is 23.0 Å². The number of anilines is 2. The number of ether oxygens (including phenoxy) is 1. The van der Waals surface area contributed by atoms with E-state index in [1.54, 1.807) is 31.4 Å². The predicted octanol–water partition coefficient (Wildman–Crippen LogP) is 4.00. The number of hydrogen-bond donors (Lipinski definition) is 2. The minimum Gasteiger partial charge on any atom is -0.497 e. The van der Waals surface area contributed by atoms with Crippen LogP contribution in [0.2, 0.25) is 5.02 Å². The summed E-state index contributed by atoms with van der Waals surface area (Å²) in [6, 6.07) is 14.6. The number of nitrogens with zero attached hydrogens (tertiary/aromatic N) is 2. The highest BCUT2D eigenvalue weighted by Crippen LogP contribution is 2.15. The van der Waals surface area contributed by atoms with Crippen LogP contribution in [0.1, 0.15) is 16.1 Å². The first kappa shape index (κ1) is 17.7. The molecule has 2 N–H and O–H groups in total. The molecule has 0 aliphatic carbocycles. The molecule has 1 heterocycles. The lowest BCUT2D eigenvalue weighted by molar-refractivity contribution is 0.102. The second-order valence-electron chi connectivity index (χ2n) is 5.45. The van der Waals surface area contributed by atoms with Gasteiger partial charge in [0.15, 0.2) is 0 Å².